The molecule has 1 N–H and O–H groups in total. The predicted octanol–water partition coefficient (Wildman–Crippen LogP) is 0.483. The first-order chi connectivity index (χ1) is 10.3. The van der Waals surface area contributed by atoms with Crippen LogP contribution in [0.25, 0.3) is 0 Å². The number of likely N-dealkylation sites (tertiary alicyclic amines) is 1. The molecule has 0 spiro atoms. The van der Waals surface area contributed by atoms with Gasteiger partial charge < -0.3 is 10.0 Å². The first kappa shape index (κ1) is 16.5. The van der Waals surface area contributed by atoms with E-state index in [9.17, 15) is 19.2 Å². The minimum absolute atomic E-state index is 0.0403. The van der Waals surface area contributed by atoms with Crippen molar-refractivity contribution in [3.05, 3.63) is 0 Å². The van der Waals surface area contributed by atoms with Crippen molar-refractivity contribution < 1.29 is 24.3 Å². The fourth-order valence-electron chi connectivity index (χ4n) is 3.23. The van der Waals surface area contributed by atoms with Gasteiger partial charge in [-0.15, -0.1) is 0 Å². The summed E-state index contributed by atoms with van der Waals surface area (Å²) in [6.07, 6.45) is 1.94. The average Bonchev–Trinajstić information content (AvgIpc) is 2.66. The van der Waals surface area contributed by atoms with Gasteiger partial charge in [0.1, 0.15) is 6.04 Å². The molecule has 22 heavy (non-hydrogen) atoms. The molecule has 1 saturated carbocycles. The van der Waals surface area contributed by atoms with Gasteiger partial charge in [0.05, 0.1) is 6.42 Å². The second-order valence-corrected chi connectivity index (χ2v) is 6.17. The number of hydrogen-bond donors (Lipinski definition) is 1. The summed E-state index contributed by atoms with van der Waals surface area (Å²) < 4.78 is 0. The lowest BCUT2D eigenvalue weighted by atomic mass is 9.72. The van der Waals surface area contributed by atoms with Gasteiger partial charge in [0.25, 0.3) is 5.91 Å². The summed E-state index contributed by atoms with van der Waals surface area (Å²) in [4.78, 5) is 49.6. The number of hydrogen-bond acceptors (Lipinski definition) is 4. The first-order valence-electron chi connectivity index (χ1n) is 7.67. The van der Waals surface area contributed by atoms with E-state index in [0.29, 0.717) is 25.8 Å². The second-order valence-electron chi connectivity index (χ2n) is 6.17. The molecule has 7 heteroatoms. The van der Waals surface area contributed by atoms with Gasteiger partial charge in [-0.05, 0) is 25.2 Å². The number of amides is 3. The number of rotatable bonds is 6. The number of nitrogens with zero attached hydrogens (tertiary/aromatic N) is 2. The zero-order chi connectivity index (χ0) is 16.4. The van der Waals surface area contributed by atoms with Crippen LogP contribution in [-0.4, -0.2) is 58.2 Å². The maximum absolute atomic E-state index is 12.6. The van der Waals surface area contributed by atoms with Crippen LogP contribution in [0, 0.1) is 11.8 Å². The summed E-state index contributed by atoms with van der Waals surface area (Å²) in [5.41, 5.74) is 0. The molecule has 1 unspecified atom stereocenters. The lowest BCUT2D eigenvalue weighted by Gasteiger charge is -2.38. The number of carbonyl (C=O) groups excluding carboxylic acids is 3. The van der Waals surface area contributed by atoms with E-state index >= 15 is 0 Å². The predicted molar refractivity (Wildman–Crippen MR) is 76.7 cm³/mol. The summed E-state index contributed by atoms with van der Waals surface area (Å²) in [7, 11) is 1.44. The van der Waals surface area contributed by atoms with Crippen molar-refractivity contribution in [3.8, 4) is 0 Å². The third-order valence-electron chi connectivity index (χ3n) is 4.53. The van der Waals surface area contributed by atoms with Crippen molar-refractivity contribution in [1.82, 2.24) is 9.80 Å². The number of aliphatic carboxylic acids is 1. The Bertz CT molecular complexity index is 498. The quantitative estimate of drug-likeness (QED) is 0.720. The van der Waals surface area contributed by atoms with Crippen molar-refractivity contribution >= 4 is 23.7 Å². The van der Waals surface area contributed by atoms with E-state index in [2.05, 4.69) is 0 Å². The van der Waals surface area contributed by atoms with E-state index in [1.54, 1.807) is 0 Å². The minimum atomic E-state index is -0.848. The normalized spacial score (nSPS) is 27.7. The Labute approximate surface area is 129 Å². The van der Waals surface area contributed by atoms with Crippen molar-refractivity contribution in [3.63, 3.8) is 0 Å². The van der Waals surface area contributed by atoms with E-state index < -0.39 is 12.0 Å². The highest BCUT2D eigenvalue weighted by atomic mass is 16.4. The van der Waals surface area contributed by atoms with Crippen LogP contribution in [0.3, 0.4) is 0 Å². The van der Waals surface area contributed by atoms with Gasteiger partial charge in [-0.2, -0.15) is 0 Å². The fourth-order valence-corrected chi connectivity index (χ4v) is 3.23. The van der Waals surface area contributed by atoms with Crippen molar-refractivity contribution in [2.75, 3.05) is 13.6 Å². The molecule has 122 valence electrons. The smallest absolute Gasteiger partial charge is 0.303 e. The van der Waals surface area contributed by atoms with Crippen molar-refractivity contribution in [1.29, 1.82) is 0 Å². The molecule has 0 aromatic carbocycles. The van der Waals surface area contributed by atoms with Gasteiger partial charge in [-0.1, -0.05) is 6.92 Å². The largest absolute Gasteiger partial charge is 0.481 e. The van der Waals surface area contributed by atoms with E-state index in [0.717, 1.165) is 4.90 Å². The molecule has 7 nitrogen and oxygen atoms in total. The SMILES string of the molecule is CCCN(C(=O)C1CC(CC(=O)O)C1)C1CC(=O)N(C)C1=O. The number of carbonyl (C=O) groups is 4. The number of carboxylic acids is 1. The molecule has 0 aromatic rings. The highest BCUT2D eigenvalue weighted by molar-refractivity contribution is 6.06. The summed E-state index contributed by atoms with van der Waals surface area (Å²) in [5.74, 6) is -1.73. The van der Waals surface area contributed by atoms with Crippen molar-refractivity contribution in [2.45, 2.75) is 45.1 Å². The van der Waals surface area contributed by atoms with Crippen LogP contribution in [0.4, 0.5) is 0 Å². The summed E-state index contributed by atoms with van der Waals surface area (Å²) in [6, 6.07) is -0.691. The van der Waals surface area contributed by atoms with Crippen LogP contribution in [0.15, 0.2) is 0 Å². The third-order valence-corrected chi connectivity index (χ3v) is 4.53. The molecular weight excluding hydrogens is 288 g/mol. The molecule has 0 radical (unpaired) electrons. The third kappa shape index (κ3) is 3.13. The van der Waals surface area contributed by atoms with Crippen LogP contribution in [0.2, 0.25) is 0 Å². The molecule has 0 aromatic heterocycles. The summed E-state index contributed by atoms with van der Waals surface area (Å²) >= 11 is 0. The molecule has 2 fully saturated rings. The summed E-state index contributed by atoms with van der Waals surface area (Å²) in [5, 5.41) is 8.75. The maximum Gasteiger partial charge on any atom is 0.303 e. The molecule has 1 heterocycles. The highest BCUT2D eigenvalue weighted by Crippen LogP contribution is 2.38. The molecule has 1 aliphatic heterocycles. The van der Waals surface area contributed by atoms with E-state index in [1.807, 2.05) is 6.92 Å². The molecule has 0 bridgehead atoms. The Morgan fingerprint density at radius 3 is 2.41 bits per heavy atom. The van der Waals surface area contributed by atoms with E-state index in [4.69, 9.17) is 5.11 Å². The van der Waals surface area contributed by atoms with Crippen LogP contribution in [0.5, 0.6) is 0 Å². The lowest BCUT2D eigenvalue weighted by Crippen LogP contribution is -2.50. The highest BCUT2D eigenvalue weighted by Gasteiger charge is 2.45. The van der Waals surface area contributed by atoms with Gasteiger partial charge in [-0.25, -0.2) is 0 Å². The molecule has 2 aliphatic rings. The van der Waals surface area contributed by atoms with Gasteiger partial charge in [-0.3, -0.25) is 24.1 Å². The van der Waals surface area contributed by atoms with Gasteiger partial charge in [0.15, 0.2) is 0 Å². The average molecular weight is 310 g/mol. The first-order valence-corrected chi connectivity index (χ1v) is 7.67. The molecular formula is C15H22N2O5. The maximum atomic E-state index is 12.6. The van der Waals surface area contributed by atoms with Crippen LogP contribution >= 0.6 is 0 Å². The second kappa shape index (κ2) is 6.46. The molecule has 1 saturated heterocycles. The Kier molecular flexibility index (Phi) is 4.83. The monoisotopic (exact) mass is 310 g/mol. The number of imide groups is 1. The van der Waals surface area contributed by atoms with E-state index in [-0.39, 0.29) is 42.4 Å². The van der Waals surface area contributed by atoms with Gasteiger partial charge in [0.2, 0.25) is 11.8 Å². The van der Waals surface area contributed by atoms with E-state index in [1.165, 1.54) is 11.9 Å². The van der Waals surface area contributed by atoms with Crippen molar-refractivity contribution in [2.24, 2.45) is 11.8 Å². The number of likely N-dealkylation sites (N-methyl/N-ethyl adjacent to an activating group) is 1. The fraction of sp³-hybridized carbons (Fsp3) is 0.733. The molecule has 1 aliphatic carbocycles. The molecule has 1 atom stereocenters. The van der Waals surface area contributed by atoms with Gasteiger partial charge in [0, 0.05) is 25.9 Å². The minimum Gasteiger partial charge on any atom is -0.481 e. The van der Waals surface area contributed by atoms with Gasteiger partial charge >= 0.3 is 5.97 Å². The lowest BCUT2D eigenvalue weighted by molar-refractivity contribution is -0.149. The standard InChI is InChI=1S/C15H22N2O5/c1-3-4-17(11-8-12(18)16(2)15(11)22)14(21)10-5-9(6-10)7-13(19)20/h9-11H,3-8H2,1-2H3,(H,19,20). The topological polar surface area (TPSA) is 95.0 Å². The Morgan fingerprint density at radius 1 is 1.32 bits per heavy atom. The Balaban J connectivity index is 2.00. The molecule has 3 amide bonds. The zero-order valence-corrected chi connectivity index (χ0v) is 12.9. The van der Waals surface area contributed by atoms with Crippen LogP contribution < -0.4 is 0 Å². The van der Waals surface area contributed by atoms with Crippen LogP contribution in [-0.2, 0) is 19.2 Å². The van der Waals surface area contributed by atoms with Crippen LogP contribution in [0.1, 0.15) is 39.0 Å². The number of carboxylic acid groups (broad SMARTS) is 1. The zero-order valence-electron chi connectivity index (χ0n) is 12.9. The summed E-state index contributed by atoms with van der Waals surface area (Å²) in [6.45, 7) is 2.36. The Morgan fingerprint density at radius 2 is 1.95 bits per heavy atom. The molecule has 2 rings (SSSR count). The Hall–Kier alpha value is -1.92.